The molecule has 150 valence electrons. The Hall–Kier alpha value is -1.63. The van der Waals surface area contributed by atoms with Gasteiger partial charge in [0.2, 0.25) is 0 Å². The normalized spacial score (nSPS) is 14.9. The molecule has 0 aromatic heterocycles. The maximum absolute atomic E-state index is 10.1. The molecule has 1 aliphatic heterocycles. The van der Waals surface area contributed by atoms with E-state index in [1.807, 2.05) is 32.0 Å². The number of hydrogen-bond acceptors (Lipinski definition) is 6. The largest absolute Gasteiger partial charge is 0.508 e. The van der Waals surface area contributed by atoms with Crippen molar-refractivity contribution >= 4 is 28.9 Å². The third-order valence-corrected chi connectivity index (χ3v) is 7.05. The van der Waals surface area contributed by atoms with Crippen LogP contribution in [0.5, 0.6) is 11.5 Å². The van der Waals surface area contributed by atoms with Gasteiger partial charge in [-0.2, -0.15) is 3.71 Å². The van der Waals surface area contributed by atoms with E-state index in [9.17, 15) is 10.2 Å². The average Bonchev–Trinajstić information content (AvgIpc) is 3.07. The molecule has 0 bridgehead atoms. The van der Waals surface area contributed by atoms with Gasteiger partial charge in [0.25, 0.3) is 0 Å². The van der Waals surface area contributed by atoms with Crippen molar-refractivity contribution in [2.24, 2.45) is 4.99 Å². The summed E-state index contributed by atoms with van der Waals surface area (Å²) in [6.07, 6.45) is 0. The second-order valence-electron chi connectivity index (χ2n) is 7.83. The molecule has 1 aliphatic rings. The lowest BCUT2D eigenvalue weighted by Gasteiger charge is -2.19. The molecule has 2 aromatic rings. The SMILES string of the molecule is Cc1cc(SN2CN=C(c3cc(C)c(O)cc3C(C)C)S2)c(C(C)C)cc1O. The number of phenolic OH excluding ortho intramolecular Hbond substituents is 2. The minimum atomic E-state index is 0.304. The van der Waals surface area contributed by atoms with E-state index in [1.54, 1.807) is 23.9 Å². The van der Waals surface area contributed by atoms with Crippen LogP contribution in [-0.2, 0) is 0 Å². The summed E-state index contributed by atoms with van der Waals surface area (Å²) in [5.41, 5.74) is 5.11. The molecule has 0 radical (unpaired) electrons. The second-order valence-corrected chi connectivity index (χ2v) is 10.1. The Labute approximate surface area is 176 Å². The van der Waals surface area contributed by atoms with Crippen LogP contribution in [0.2, 0.25) is 0 Å². The van der Waals surface area contributed by atoms with Gasteiger partial charge in [-0.1, -0.05) is 27.7 Å². The summed E-state index contributed by atoms with van der Waals surface area (Å²) in [7, 11) is 0. The summed E-state index contributed by atoms with van der Waals surface area (Å²) >= 11 is 3.31. The average molecular weight is 417 g/mol. The van der Waals surface area contributed by atoms with Gasteiger partial charge >= 0.3 is 0 Å². The number of phenols is 2. The first-order chi connectivity index (χ1) is 13.2. The third-order valence-electron chi connectivity index (χ3n) is 4.89. The molecule has 0 amide bonds. The van der Waals surface area contributed by atoms with E-state index in [1.165, 1.54) is 0 Å². The molecule has 2 aromatic carbocycles. The highest BCUT2D eigenvalue weighted by Gasteiger charge is 2.25. The molecule has 0 atom stereocenters. The Bertz CT molecular complexity index is 923. The van der Waals surface area contributed by atoms with Crippen molar-refractivity contribution in [2.75, 3.05) is 6.67 Å². The lowest BCUT2D eigenvalue weighted by molar-refractivity contribution is 0.469. The predicted molar refractivity (Wildman–Crippen MR) is 121 cm³/mol. The monoisotopic (exact) mass is 416 g/mol. The maximum atomic E-state index is 10.1. The molecular weight excluding hydrogens is 388 g/mol. The lowest BCUT2D eigenvalue weighted by Crippen LogP contribution is -2.05. The van der Waals surface area contributed by atoms with Gasteiger partial charge in [0.1, 0.15) is 23.2 Å². The molecule has 0 unspecified atom stereocenters. The number of nitrogens with zero attached hydrogens (tertiary/aromatic N) is 2. The zero-order valence-corrected chi connectivity index (χ0v) is 18.9. The molecule has 0 spiro atoms. The van der Waals surface area contributed by atoms with Crippen molar-refractivity contribution in [1.82, 2.24) is 3.71 Å². The number of aromatic hydroxyl groups is 2. The van der Waals surface area contributed by atoms with Crippen LogP contribution < -0.4 is 0 Å². The van der Waals surface area contributed by atoms with E-state index < -0.39 is 0 Å². The summed E-state index contributed by atoms with van der Waals surface area (Å²) in [4.78, 5) is 5.92. The lowest BCUT2D eigenvalue weighted by atomic mass is 9.95. The highest BCUT2D eigenvalue weighted by atomic mass is 32.2. The first kappa shape index (κ1) is 21.1. The number of hydrogen-bond donors (Lipinski definition) is 2. The van der Waals surface area contributed by atoms with Gasteiger partial charge in [-0.05, 0) is 96.1 Å². The number of aliphatic imine (C=N–C) groups is 1. The standard InChI is InChI=1S/C22H28N2O2S2/c1-12(2)16-9-19(25)14(5)7-18(16)22-23-11-24(28-22)27-21-8-15(6)20(26)10-17(21)13(3)4/h7-10,12-13,25-26H,11H2,1-6H3. The van der Waals surface area contributed by atoms with Crippen LogP contribution in [-0.4, -0.2) is 25.6 Å². The number of rotatable bonds is 5. The van der Waals surface area contributed by atoms with Crippen LogP contribution in [0.4, 0.5) is 0 Å². The van der Waals surface area contributed by atoms with E-state index in [2.05, 4.69) is 37.5 Å². The number of benzene rings is 2. The molecule has 0 saturated carbocycles. The van der Waals surface area contributed by atoms with Gasteiger partial charge in [-0.15, -0.1) is 0 Å². The quantitative estimate of drug-likeness (QED) is 0.557. The number of aryl methyl sites for hydroxylation is 2. The zero-order valence-electron chi connectivity index (χ0n) is 17.3. The minimum absolute atomic E-state index is 0.304. The summed E-state index contributed by atoms with van der Waals surface area (Å²) in [5.74, 6) is 1.32. The van der Waals surface area contributed by atoms with Crippen molar-refractivity contribution in [3.8, 4) is 11.5 Å². The van der Waals surface area contributed by atoms with Gasteiger partial charge in [0.05, 0.1) is 0 Å². The summed E-state index contributed by atoms with van der Waals surface area (Å²) in [6.45, 7) is 13.0. The Balaban J connectivity index is 1.84. The Morgan fingerprint density at radius 2 is 1.50 bits per heavy atom. The molecule has 4 nitrogen and oxygen atoms in total. The second kappa shape index (κ2) is 8.39. The summed E-state index contributed by atoms with van der Waals surface area (Å²) in [6, 6.07) is 7.84. The van der Waals surface area contributed by atoms with Crippen LogP contribution in [0, 0.1) is 13.8 Å². The zero-order chi connectivity index (χ0) is 20.6. The maximum Gasteiger partial charge on any atom is 0.118 e. The van der Waals surface area contributed by atoms with Crippen molar-refractivity contribution < 1.29 is 10.2 Å². The Morgan fingerprint density at radius 3 is 2.11 bits per heavy atom. The predicted octanol–water partition coefficient (Wildman–Crippen LogP) is 6.34. The topological polar surface area (TPSA) is 56.1 Å². The molecule has 6 heteroatoms. The van der Waals surface area contributed by atoms with E-state index in [0.29, 0.717) is 30.0 Å². The fourth-order valence-electron chi connectivity index (χ4n) is 3.16. The molecule has 2 N–H and O–H groups in total. The van der Waals surface area contributed by atoms with Gasteiger partial charge in [-0.25, -0.2) is 0 Å². The van der Waals surface area contributed by atoms with Crippen LogP contribution in [0.1, 0.15) is 67.3 Å². The van der Waals surface area contributed by atoms with Crippen LogP contribution in [0.3, 0.4) is 0 Å². The first-order valence-electron chi connectivity index (χ1n) is 9.52. The molecule has 1 heterocycles. The summed E-state index contributed by atoms with van der Waals surface area (Å²) < 4.78 is 2.17. The van der Waals surface area contributed by atoms with E-state index in [0.717, 1.165) is 37.8 Å². The summed E-state index contributed by atoms with van der Waals surface area (Å²) in [5, 5.41) is 21.2. The van der Waals surface area contributed by atoms with Crippen LogP contribution >= 0.6 is 23.9 Å². The molecule has 0 saturated heterocycles. The minimum Gasteiger partial charge on any atom is -0.508 e. The Kier molecular flexibility index (Phi) is 6.32. The molecule has 3 rings (SSSR count). The first-order valence-corrected chi connectivity index (χ1v) is 11.1. The van der Waals surface area contributed by atoms with Gasteiger partial charge in [0.15, 0.2) is 0 Å². The third kappa shape index (κ3) is 4.34. The van der Waals surface area contributed by atoms with E-state index >= 15 is 0 Å². The van der Waals surface area contributed by atoms with Crippen molar-refractivity contribution in [3.05, 3.63) is 52.1 Å². The van der Waals surface area contributed by atoms with E-state index in [4.69, 9.17) is 4.99 Å². The van der Waals surface area contributed by atoms with Crippen molar-refractivity contribution in [3.63, 3.8) is 0 Å². The smallest absolute Gasteiger partial charge is 0.118 e. The highest BCUT2D eigenvalue weighted by Crippen LogP contribution is 2.42. The van der Waals surface area contributed by atoms with Crippen molar-refractivity contribution in [1.29, 1.82) is 0 Å². The molecular formula is C22H28N2O2S2. The van der Waals surface area contributed by atoms with Gasteiger partial charge in [0, 0.05) is 10.5 Å². The fourth-order valence-corrected chi connectivity index (χ4v) is 5.42. The van der Waals surface area contributed by atoms with E-state index in [-0.39, 0.29) is 0 Å². The molecule has 0 fully saturated rings. The van der Waals surface area contributed by atoms with Gasteiger partial charge < -0.3 is 10.2 Å². The molecule has 0 aliphatic carbocycles. The molecule has 28 heavy (non-hydrogen) atoms. The highest BCUT2D eigenvalue weighted by molar-refractivity contribution is 8.21. The van der Waals surface area contributed by atoms with Crippen LogP contribution in [0.15, 0.2) is 34.2 Å². The van der Waals surface area contributed by atoms with Crippen LogP contribution in [0.25, 0.3) is 0 Å². The van der Waals surface area contributed by atoms with Gasteiger partial charge in [-0.3, -0.25) is 4.99 Å². The van der Waals surface area contributed by atoms with Crippen molar-refractivity contribution in [2.45, 2.75) is 58.3 Å². The Morgan fingerprint density at radius 1 is 0.929 bits per heavy atom. The fraction of sp³-hybridized carbons (Fsp3) is 0.409.